The zero-order chi connectivity index (χ0) is 12.0. The van der Waals surface area contributed by atoms with E-state index in [0.29, 0.717) is 12.4 Å². The van der Waals surface area contributed by atoms with E-state index in [1.807, 2.05) is 13.0 Å². The fraction of sp³-hybridized carbons (Fsp3) is 0.692. The molecule has 1 rings (SSSR count). The first-order chi connectivity index (χ1) is 7.63. The summed E-state index contributed by atoms with van der Waals surface area (Å²) in [6.45, 7) is 4.21. The summed E-state index contributed by atoms with van der Waals surface area (Å²) >= 11 is 0. The van der Waals surface area contributed by atoms with Gasteiger partial charge in [0.05, 0.1) is 6.61 Å². The van der Waals surface area contributed by atoms with E-state index >= 15 is 0 Å². The lowest BCUT2D eigenvalue weighted by atomic mass is 9.93. The molecule has 1 aliphatic carbocycles. The SMILES string of the molecule is CCOC(=O)/C=C/[C@@H](C)C[C@@H]1CCCC1=O. The van der Waals surface area contributed by atoms with E-state index in [1.165, 1.54) is 6.08 Å². The number of esters is 1. The summed E-state index contributed by atoms with van der Waals surface area (Å²) in [5, 5.41) is 0. The first kappa shape index (κ1) is 12.9. The van der Waals surface area contributed by atoms with Gasteiger partial charge in [-0.1, -0.05) is 13.0 Å². The van der Waals surface area contributed by atoms with Gasteiger partial charge in [0.1, 0.15) is 5.78 Å². The minimum atomic E-state index is -0.299. The number of hydrogen-bond donors (Lipinski definition) is 0. The largest absolute Gasteiger partial charge is 0.463 e. The highest BCUT2D eigenvalue weighted by atomic mass is 16.5. The predicted octanol–water partition coefficient (Wildman–Crippen LogP) is 2.50. The molecule has 0 radical (unpaired) electrons. The number of ether oxygens (including phenoxy) is 1. The van der Waals surface area contributed by atoms with Crippen LogP contribution in [-0.2, 0) is 14.3 Å². The molecule has 0 aromatic rings. The number of ketones is 1. The van der Waals surface area contributed by atoms with E-state index in [-0.39, 0.29) is 17.8 Å². The fourth-order valence-electron chi connectivity index (χ4n) is 2.10. The first-order valence-corrected chi connectivity index (χ1v) is 6.01. The summed E-state index contributed by atoms with van der Waals surface area (Å²) in [7, 11) is 0. The minimum Gasteiger partial charge on any atom is -0.463 e. The van der Waals surface area contributed by atoms with E-state index in [4.69, 9.17) is 4.74 Å². The maximum Gasteiger partial charge on any atom is 0.330 e. The number of carbonyl (C=O) groups is 2. The van der Waals surface area contributed by atoms with Crippen LogP contribution in [-0.4, -0.2) is 18.4 Å². The maximum atomic E-state index is 11.4. The van der Waals surface area contributed by atoms with Crippen LogP contribution in [0.5, 0.6) is 0 Å². The lowest BCUT2D eigenvalue weighted by Crippen LogP contribution is -2.10. The van der Waals surface area contributed by atoms with Crippen LogP contribution < -0.4 is 0 Å². The van der Waals surface area contributed by atoms with E-state index in [1.54, 1.807) is 6.92 Å². The van der Waals surface area contributed by atoms with Crippen molar-refractivity contribution >= 4 is 11.8 Å². The summed E-state index contributed by atoms with van der Waals surface area (Å²) < 4.78 is 4.79. The fourth-order valence-corrected chi connectivity index (χ4v) is 2.10. The van der Waals surface area contributed by atoms with Gasteiger partial charge in [0.15, 0.2) is 0 Å². The number of carbonyl (C=O) groups excluding carboxylic acids is 2. The predicted molar refractivity (Wildman–Crippen MR) is 61.9 cm³/mol. The van der Waals surface area contributed by atoms with Crippen LogP contribution in [0.4, 0.5) is 0 Å². The van der Waals surface area contributed by atoms with Crippen molar-refractivity contribution in [3.8, 4) is 0 Å². The van der Waals surface area contributed by atoms with Crippen LogP contribution in [0.1, 0.15) is 39.5 Å². The molecule has 0 spiro atoms. The van der Waals surface area contributed by atoms with Gasteiger partial charge in [-0.15, -0.1) is 0 Å². The normalized spacial score (nSPS) is 22.6. The molecule has 16 heavy (non-hydrogen) atoms. The number of rotatable bonds is 5. The summed E-state index contributed by atoms with van der Waals surface area (Å²) in [6.07, 6.45) is 6.93. The lowest BCUT2D eigenvalue weighted by Gasteiger charge is -2.11. The zero-order valence-corrected chi connectivity index (χ0v) is 10.1. The average Bonchev–Trinajstić information content (AvgIpc) is 2.62. The van der Waals surface area contributed by atoms with E-state index in [0.717, 1.165) is 25.7 Å². The summed E-state index contributed by atoms with van der Waals surface area (Å²) in [5.74, 6) is 0.557. The third-order valence-electron chi connectivity index (χ3n) is 2.93. The smallest absolute Gasteiger partial charge is 0.330 e. The molecule has 0 amide bonds. The van der Waals surface area contributed by atoms with E-state index < -0.39 is 0 Å². The quantitative estimate of drug-likeness (QED) is 0.532. The zero-order valence-electron chi connectivity index (χ0n) is 10.1. The molecule has 1 saturated carbocycles. The Hall–Kier alpha value is -1.12. The monoisotopic (exact) mass is 224 g/mol. The molecule has 3 nitrogen and oxygen atoms in total. The van der Waals surface area contributed by atoms with Crippen LogP contribution in [0.2, 0.25) is 0 Å². The van der Waals surface area contributed by atoms with Crippen molar-refractivity contribution in [2.24, 2.45) is 11.8 Å². The summed E-state index contributed by atoms with van der Waals surface area (Å²) in [6, 6.07) is 0. The topological polar surface area (TPSA) is 43.4 Å². The highest BCUT2D eigenvalue weighted by molar-refractivity contribution is 5.83. The Morgan fingerprint density at radius 1 is 1.62 bits per heavy atom. The second kappa shape index (κ2) is 6.46. The molecular formula is C13H20O3. The highest BCUT2D eigenvalue weighted by Gasteiger charge is 2.25. The average molecular weight is 224 g/mol. The third kappa shape index (κ3) is 4.17. The van der Waals surface area contributed by atoms with Gasteiger partial charge in [0, 0.05) is 18.4 Å². The van der Waals surface area contributed by atoms with Gasteiger partial charge in [-0.25, -0.2) is 4.79 Å². The van der Waals surface area contributed by atoms with Gasteiger partial charge in [-0.3, -0.25) is 4.79 Å². The van der Waals surface area contributed by atoms with Crippen LogP contribution in [0.25, 0.3) is 0 Å². The first-order valence-electron chi connectivity index (χ1n) is 6.01. The van der Waals surface area contributed by atoms with Crippen molar-refractivity contribution in [2.75, 3.05) is 6.61 Å². The van der Waals surface area contributed by atoms with Crippen molar-refractivity contribution in [3.05, 3.63) is 12.2 Å². The van der Waals surface area contributed by atoms with Crippen molar-refractivity contribution in [1.29, 1.82) is 0 Å². The van der Waals surface area contributed by atoms with E-state index in [2.05, 4.69) is 0 Å². The number of allylic oxidation sites excluding steroid dienone is 1. The Kier molecular flexibility index (Phi) is 5.23. The van der Waals surface area contributed by atoms with Gasteiger partial charge in [-0.2, -0.15) is 0 Å². The number of Topliss-reactive ketones (excluding diaryl/α,β-unsaturated/α-hetero) is 1. The molecule has 0 bridgehead atoms. The summed E-state index contributed by atoms with van der Waals surface area (Å²) in [5.41, 5.74) is 0. The second-order valence-electron chi connectivity index (χ2n) is 4.38. The molecule has 0 heterocycles. The van der Waals surface area contributed by atoms with E-state index in [9.17, 15) is 9.59 Å². The molecule has 0 aromatic heterocycles. The second-order valence-corrected chi connectivity index (χ2v) is 4.38. The Labute approximate surface area is 96.9 Å². The van der Waals surface area contributed by atoms with Gasteiger partial charge in [0.2, 0.25) is 0 Å². The van der Waals surface area contributed by atoms with Crippen molar-refractivity contribution < 1.29 is 14.3 Å². The molecule has 0 unspecified atom stereocenters. The van der Waals surface area contributed by atoms with Gasteiger partial charge in [0.25, 0.3) is 0 Å². The molecule has 0 N–H and O–H groups in total. The van der Waals surface area contributed by atoms with Crippen LogP contribution in [0.3, 0.4) is 0 Å². The Morgan fingerprint density at radius 3 is 2.94 bits per heavy atom. The third-order valence-corrected chi connectivity index (χ3v) is 2.93. The molecule has 1 fully saturated rings. The number of hydrogen-bond acceptors (Lipinski definition) is 3. The molecule has 0 aromatic carbocycles. The molecule has 3 heteroatoms. The Morgan fingerprint density at radius 2 is 2.38 bits per heavy atom. The highest BCUT2D eigenvalue weighted by Crippen LogP contribution is 2.27. The molecule has 1 aliphatic rings. The standard InChI is InChI=1S/C13H20O3/c1-3-16-13(15)8-7-10(2)9-11-5-4-6-12(11)14/h7-8,10-11H,3-6,9H2,1-2H3/b8-7+/t10-,11+/m1/s1. The molecule has 2 atom stereocenters. The van der Waals surface area contributed by atoms with Gasteiger partial charge < -0.3 is 4.74 Å². The van der Waals surface area contributed by atoms with Crippen LogP contribution >= 0.6 is 0 Å². The van der Waals surface area contributed by atoms with Crippen molar-refractivity contribution in [2.45, 2.75) is 39.5 Å². The van der Waals surface area contributed by atoms with Gasteiger partial charge >= 0.3 is 5.97 Å². The Balaban J connectivity index is 2.32. The van der Waals surface area contributed by atoms with Crippen molar-refractivity contribution in [1.82, 2.24) is 0 Å². The maximum absolute atomic E-state index is 11.4. The van der Waals surface area contributed by atoms with Crippen molar-refractivity contribution in [3.63, 3.8) is 0 Å². The molecule has 0 aliphatic heterocycles. The molecular weight excluding hydrogens is 204 g/mol. The van der Waals surface area contributed by atoms with Crippen LogP contribution in [0, 0.1) is 11.8 Å². The van der Waals surface area contributed by atoms with Gasteiger partial charge in [-0.05, 0) is 32.1 Å². The van der Waals surface area contributed by atoms with Crippen LogP contribution in [0.15, 0.2) is 12.2 Å². The lowest BCUT2D eigenvalue weighted by molar-refractivity contribution is -0.137. The molecule has 0 saturated heterocycles. The molecule has 90 valence electrons. The Bertz CT molecular complexity index is 281. The minimum absolute atomic E-state index is 0.210. The summed E-state index contributed by atoms with van der Waals surface area (Å²) in [4.78, 5) is 22.5.